The van der Waals surface area contributed by atoms with E-state index in [4.69, 9.17) is 10.8 Å². The number of aromatic carboxylic acids is 1. The Morgan fingerprint density at radius 2 is 1.55 bits per heavy atom. The van der Waals surface area contributed by atoms with Crippen molar-refractivity contribution in [3.63, 3.8) is 0 Å². The molecular formula is C14H13NO4S. The van der Waals surface area contributed by atoms with Gasteiger partial charge >= 0.3 is 5.97 Å². The predicted molar refractivity (Wildman–Crippen MR) is 75.1 cm³/mol. The lowest BCUT2D eigenvalue weighted by atomic mass is 10.1. The first-order valence-corrected chi connectivity index (χ1v) is 7.44. The van der Waals surface area contributed by atoms with Gasteiger partial charge in [0.25, 0.3) is 0 Å². The summed E-state index contributed by atoms with van der Waals surface area (Å²) in [6.07, 6.45) is 0. The summed E-state index contributed by atoms with van der Waals surface area (Å²) in [5, 5.41) is 8.78. The quantitative estimate of drug-likeness (QED) is 0.839. The third kappa shape index (κ3) is 3.16. The number of carbonyl (C=O) groups is 1. The molecule has 0 aliphatic rings. The Labute approximate surface area is 116 Å². The lowest BCUT2D eigenvalue weighted by molar-refractivity contribution is 0.0697. The number of nitrogens with two attached hydrogens (primary N) is 1. The zero-order valence-corrected chi connectivity index (χ0v) is 11.3. The van der Waals surface area contributed by atoms with E-state index in [1.54, 1.807) is 0 Å². The van der Waals surface area contributed by atoms with Crippen molar-refractivity contribution in [2.75, 3.05) is 5.73 Å². The Balaban J connectivity index is 2.24. The molecular weight excluding hydrogens is 278 g/mol. The monoisotopic (exact) mass is 291 g/mol. The van der Waals surface area contributed by atoms with Crippen LogP contribution in [0, 0.1) is 0 Å². The number of hydrogen-bond acceptors (Lipinski definition) is 4. The van der Waals surface area contributed by atoms with E-state index in [0.717, 1.165) is 0 Å². The van der Waals surface area contributed by atoms with Crippen LogP contribution < -0.4 is 5.73 Å². The van der Waals surface area contributed by atoms with E-state index in [1.165, 1.54) is 48.5 Å². The van der Waals surface area contributed by atoms with Crippen molar-refractivity contribution in [3.05, 3.63) is 59.7 Å². The van der Waals surface area contributed by atoms with Gasteiger partial charge in [-0.1, -0.05) is 12.1 Å². The van der Waals surface area contributed by atoms with Gasteiger partial charge in [-0.3, -0.25) is 0 Å². The van der Waals surface area contributed by atoms with Crippen molar-refractivity contribution in [1.82, 2.24) is 0 Å². The van der Waals surface area contributed by atoms with Gasteiger partial charge in [-0.2, -0.15) is 0 Å². The van der Waals surface area contributed by atoms with Crippen molar-refractivity contribution < 1.29 is 18.3 Å². The summed E-state index contributed by atoms with van der Waals surface area (Å²) in [7, 11) is -3.47. The number of benzene rings is 2. The molecule has 0 spiro atoms. The Hall–Kier alpha value is -2.34. The fourth-order valence-electron chi connectivity index (χ4n) is 1.72. The summed E-state index contributed by atoms with van der Waals surface area (Å²) in [6, 6.07) is 11.7. The first-order valence-electron chi connectivity index (χ1n) is 5.79. The normalized spacial score (nSPS) is 11.2. The van der Waals surface area contributed by atoms with Gasteiger partial charge in [0, 0.05) is 5.69 Å². The maximum absolute atomic E-state index is 12.2. The number of hydrogen-bond donors (Lipinski definition) is 2. The molecule has 2 rings (SSSR count). The second kappa shape index (κ2) is 5.34. The number of anilines is 1. The molecule has 0 aliphatic heterocycles. The van der Waals surface area contributed by atoms with Crippen LogP contribution in [0.25, 0.3) is 0 Å². The van der Waals surface area contributed by atoms with E-state index in [0.29, 0.717) is 11.3 Å². The molecule has 0 aromatic heterocycles. The summed E-state index contributed by atoms with van der Waals surface area (Å²) in [5.74, 6) is -1.23. The van der Waals surface area contributed by atoms with Crippen LogP contribution >= 0.6 is 0 Å². The highest BCUT2D eigenvalue weighted by Gasteiger charge is 2.15. The maximum atomic E-state index is 12.2. The molecule has 0 fully saturated rings. The van der Waals surface area contributed by atoms with Crippen LogP contribution in [0.3, 0.4) is 0 Å². The average Bonchev–Trinajstić information content (AvgIpc) is 2.39. The molecule has 0 heterocycles. The van der Waals surface area contributed by atoms with Crippen LogP contribution in [0.5, 0.6) is 0 Å². The standard InChI is InChI=1S/C14H13NO4S/c15-12-5-7-13(8-6-12)20(18,19)9-10-1-3-11(4-2-10)14(16)17/h1-8H,9,15H2,(H,16,17). The topological polar surface area (TPSA) is 97.5 Å². The molecule has 2 aromatic carbocycles. The number of carboxylic acids is 1. The zero-order chi connectivity index (χ0) is 14.8. The molecule has 20 heavy (non-hydrogen) atoms. The highest BCUT2D eigenvalue weighted by Crippen LogP contribution is 2.18. The smallest absolute Gasteiger partial charge is 0.335 e. The van der Waals surface area contributed by atoms with E-state index < -0.39 is 15.8 Å². The average molecular weight is 291 g/mol. The first-order chi connectivity index (χ1) is 9.38. The number of rotatable bonds is 4. The van der Waals surface area contributed by atoms with Crippen molar-refractivity contribution in [2.45, 2.75) is 10.6 Å². The first kappa shape index (κ1) is 14.1. The van der Waals surface area contributed by atoms with Crippen LogP contribution in [0.2, 0.25) is 0 Å². The van der Waals surface area contributed by atoms with E-state index in [9.17, 15) is 13.2 Å². The summed E-state index contributed by atoms with van der Waals surface area (Å²) in [6.45, 7) is 0. The van der Waals surface area contributed by atoms with Crippen molar-refractivity contribution in [2.24, 2.45) is 0 Å². The molecule has 104 valence electrons. The van der Waals surface area contributed by atoms with E-state index in [2.05, 4.69) is 0 Å². The molecule has 0 atom stereocenters. The number of sulfone groups is 1. The Morgan fingerprint density at radius 3 is 2.05 bits per heavy atom. The highest BCUT2D eigenvalue weighted by molar-refractivity contribution is 7.90. The Morgan fingerprint density at radius 1 is 1.00 bits per heavy atom. The molecule has 6 heteroatoms. The fraction of sp³-hybridized carbons (Fsp3) is 0.0714. The van der Waals surface area contributed by atoms with Gasteiger partial charge in [-0.15, -0.1) is 0 Å². The van der Waals surface area contributed by atoms with Gasteiger partial charge in [0.1, 0.15) is 0 Å². The lowest BCUT2D eigenvalue weighted by Crippen LogP contribution is -2.05. The largest absolute Gasteiger partial charge is 0.478 e. The van der Waals surface area contributed by atoms with Gasteiger partial charge in [0.15, 0.2) is 9.84 Å². The molecule has 3 N–H and O–H groups in total. The molecule has 0 aliphatic carbocycles. The van der Waals surface area contributed by atoms with Gasteiger partial charge in [0.05, 0.1) is 16.2 Å². The van der Waals surface area contributed by atoms with Gasteiger partial charge in [-0.05, 0) is 42.0 Å². The summed E-state index contributed by atoms with van der Waals surface area (Å²) in [4.78, 5) is 10.9. The van der Waals surface area contributed by atoms with Crippen LogP contribution in [-0.4, -0.2) is 19.5 Å². The molecule has 0 saturated carbocycles. The second-order valence-electron chi connectivity index (χ2n) is 4.33. The van der Waals surface area contributed by atoms with Crippen LogP contribution in [-0.2, 0) is 15.6 Å². The highest BCUT2D eigenvalue weighted by atomic mass is 32.2. The molecule has 5 nitrogen and oxygen atoms in total. The molecule has 0 saturated heterocycles. The Kier molecular flexibility index (Phi) is 3.76. The maximum Gasteiger partial charge on any atom is 0.335 e. The van der Waals surface area contributed by atoms with Gasteiger partial charge in [0.2, 0.25) is 0 Å². The SMILES string of the molecule is Nc1ccc(S(=O)(=O)Cc2ccc(C(=O)O)cc2)cc1. The van der Waals surface area contributed by atoms with Crippen molar-refractivity contribution in [3.8, 4) is 0 Å². The van der Waals surface area contributed by atoms with Crippen molar-refractivity contribution in [1.29, 1.82) is 0 Å². The predicted octanol–water partition coefficient (Wildman–Crippen LogP) is 1.94. The van der Waals surface area contributed by atoms with E-state index in [1.807, 2.05) is 0 Å². The van der Waals surface area contributed by atoms with E-state index in [-0.39, 0.29) is 16.2 Å². The molecule has 2 aromatic rings. The number of nitrogen functional groups attached to an aromatic ring is 1. The van der Waals surface area contributed by atoms with E-state index >= 15 is 0 Å². The third-order valence-corrected chi connectivity index (χ3v) is 4.50. The summed E-state index contributed by atoms with van der Waals surface area (Å²) < 4.78 is 24.3. The number of carboxylic acid groups (broad SMARTS) is 1. The Bertz CT molecular complexity index is 719. The summed E-state index contributed by atoms with van der Waals surface area (Å²) >= 11 is 0. The van der Waals surface area contributed by atoms with Crippen molar-refractivity contribution >= 4 is 21.5 Å². The minimum atomic E-state index is -3.47. The van der Waals surface area contributed by atoms with Crippen LogP contribution in [0.1, 0.15) is 15.9 Å². The molecule has 0 amide bonds. The summed E-state index contributed by atoms with van der Waals surface area (Å²) in [5.41, 5.74) is 6.67. The van der Waals surface area contributed by atoms with Crippen LogP contribution in [0.4, 0.5) is 5.69 Å². The molecule has 0 unspecified atom stereocenters. The van der Waals surface area contributed by atoms with Gasteiger partial charge in [-0.25, -0.2) is 13.2 Å². The molecule has 0 radical (unpaired) electrons. The minimum absolute atomic E-state index is 0.124. The third-order valence-electron chi connectivity index (χ3n) is 2.80. The zero-order valence-electron chi connectivity index (χ0n) is 10.5. The fourth-order valence-corrected chi connectivity index (χ4v) is 3.07. The van der Waals surface area contributed by atoms with Crippen LogP contribution in [0.15, 0.2) is 53.4 Å². The van der Waals surface area contributed by atoms with Gasteiger partial charge < -0.3 is 10.8 Å². The lowest BCUT2D eigenvalue weighted by Gasteiger charge is -2.05. The second-order valence-corrected chi connectivity index (χ2v) is 6.32. The minimum Gasteiger partial charge on any atom is -0.478 e. The molecule has 0 bridgehead atoms.